The number of carbonyl (C=O) groups excluding carboxylic acids is 2. The van der Waals surface area contributed by atoms with Crippen LogP contribution >= 0.6 is 0 Å². The van der Waals surface area contributed by atoms with Crippen LogP contribution in [0.3, 0.4) is 0 Å². The highest BCUT2D eigenvalue weighted by Crippen LogP contribution is 2.31. The number of rotatable bonds is 2. The first-order valence-electron chi connectivity index (χ1n) is 5.82. The minimum Gasteiger partial charge on any atom is -0.412 e. The maximum absolute atomic E-state index is 8.81. The highest BCUT2D eigenvalue weighted by atomic mass is 16.2. The van der Waals surface area contributed by atoms with Gasteiger partial charge in [-0.1, -0.05) is 49.6 Å². The van der Waals surface area contributed by atoms with Crippen molar-refractivity contribution in [3.63, 3.8) is 0 Å². The average molecular weight is 236 g/mol. The molecular weight excluding hydrogens is 216 g/mol. The van der Waals surface area contributed by atoms with Crippen LogP contribution < -0.4 is 0 Å². The van der Waals surface area contributed by atoms with Gasteiger partial charge in [0.25, 0.3) is 0 Å². The molecule has 0 amide bonds. The number of hydrogen-bond donors (Lipinski definition) is 0. The molecule has 0 aromatic heterocycles. The van der Waals surface area contributed by atoms with Crippen LogP contribution in [0, 0.1) is 0 Å². The molecule has 1 aliphatic carbocycles. The Morgan fingerprint density at radius 2 is 1.41 bits per heavy atom. The minimum absolute atomic E-state index is 0. The largest absolute Gasteiger partial charge is 0.412 e. The number of benzene rings is 1. The fourth-order valence-corrected chi connectivity index (χ4v) is 2.16. The van der Waals surface area contributed by atoms with Gasteiger partial charge in [0.05, 0.1) is 0 Å². The monoisotopic (exact) mass is 236 g/mol. The summed E-state index contributed by atoms with van der Waals surface area (Å²) in [6.07, 6.45) is 7.51. The molecule has 1 saturated carbocycles. The molecule has 0 spiro atoms. The summed E-state index contributed by atoms with van der Waals surface area (Å²) in [4.78, 5) is 17.6. The predicted octanol–water partition coefficient (Wildman–Crippen LogP) is 2.29. The zero-order valence-corrected chi connectivity index (χ0v) is 9.97. The van der Waals surface area contributed by atoms with Crippen molar-refractivity contribution in [2.24, 2.45) is 0 Å². The van der Waals surface area contributed by atoms with Crippen molar-refractivity contribution in [1.29, 1.82) is 0 Å². The van der Waals surface area contributed by atoms with Gasteiger partial charge in [-0.15, -0.1) is 0 Å². The van der Waals surface area contributed by atoms with Gasteiger partial charge in [0.15, 0.2) is 12.6 Å². The summed E-state index contributed by atoms with van der Waals surface area (Å²) in [6, 6.07) is 11.0. The molecular formula is C14H20O3. The number of carbonyl (C=O) groups is 2. The predicted molar refractivity (Wildman–Crippen MR) is 68.0 cm³/mol. The van der Waals surface area contributed by atoms with E-state index in [-0.39, 0.29) is 18.0 Å². The minimum atomic E-state index is 0. The average Bonchev–Trinajstić information content (AvgIpc) is 2.41. The number of aldehydes is 2. The van der Waals surface area contributed by atoms with Crippen molar-refractivity contribution < 1.29 is 15.1 Å². The van der Waals surface area contributed by atoms with E-state index in [9.17, 15) is 0 Å². The van der Waals surface area contributed by atoms with Gasteiger partial charge >= 0.3 is 0 Å². The Bertz CT molecular complexity index is 297. The normalized spacial score (nSPS) is 14.8. The summed E-state index contributed by atoms with van der Waals surface area (Å²) in [5.74, 6) is 0.861. The molecule has 0 radical (unpaired) electrons. The summed E-state index contributed by atoms with van der Waals surface area (Å²) in [5, 5.41) is 0. The van der Waals surface area contributed by atoms with Gasteiger partial charge in [-0.25, -0.2) is 0 Å². The van der Waals surface area contributed by atoms with Crippen LogP contribution in [-0.2, 0) is 9.59 Å². The summed E-state index contributed by atoms with van der Waals surface area (Å²) in [7, 11) is 0. The van der Waals surface area contributed by atoms with Crippen molar-refractivity contribution in [3.05, 3.63) is 35.9 Å². The second kappa shape index (κ2) is 9.73. The van der Waals surface area contributed by atoms with Crippen LogP contribution in [0.4, 0.5) is 0 Å². The summed E-state index contributed by atoms with van der Waals surface area (Å²) in [5.41, 5.74) is 1.55. The van der Waals surface area contributed by atoms with Gasteiger partial charge in [0.1, 0.15) is 0 Å². The SMILES string of the molecule is O.O=CC=O.c1ccc(C2CCCCC2)cc1. The third kappa shape index (κ3) is 5.97. The van der Waals surface area contributed by atoms with Crippen molar-refractivity contribution in [2.45, 2.75) is 38.0 Å². The Morgan fingerprint density at radius 3 is 1.88 bits per heavy atom. The molecule has 94 valence electrons. The molecule has 3 heteroatoms. The molecule has 17 heavy (non-hydrogen) atoms. The molecule has 1 aromatic carbocycles. The first-order valence-corrected chi connectivity index (χ1v) is 5.82. The van der Waals surface area contributed by atoms with Gasteiger partial charge in [0.2, 0.25) is 0 Å². The lowest BCUT2D eigenvalue weighted by Gasteiger charge is -2.21. The summed E-state index contributed by atoms with van der Waals surface area (Å²) in [6.45, 7) is 0. The van der Waals surface area contributed by atoms with E-state index in [0.717, 1.165) is 5.92 Å². The Kier molecular flexibility index (Phi) is 8.88. The van der Waals surface area contributed by atoms with E-state index in [1.54, 1.807) is 5.56 Å². The van der Waals surface area contributed by atoms with Gasteiger partial charge in [-0.2, -0.15) is 0 Å². The van der Waals surface area contributed by atoms with E-state index in [2.05, 4.69) is 30.3 Å². The Hall–Kier alpha value is -1.48. The molecule has 0 unspecified atom stereocenters. The van der Waals surface area contributed by atoms with Gasteiger partial charge in [-0.05, 0) is 24.3 Å². The quantitative estimate of drug-likeness (QED) is 0.584. The zero-order chi connectivity index (χ0) is 11.6. The van der Waals surface area contributed by atoms with Crippen LogP contribution in [0.15, 0.2) is 30.3 Å². The second-order valence-corrected chi connectivity index (χ2v) is 4.02. The first kappa shape index (κ1) is 15.5. The molecule has 0 aliphatic heterocycles. The van der Waals surface area contributed by atoms with Crippen molar-refractivity contribution in [2.75, 3.05) is 0 Å². The highest BCUT2D eigenvalue weighted by molar-refractivity contribution is 6.09. The van der Waals surface area contributed by atoms with Gasteiger partial charge < -0.3 is 5.48 Å². The molecule has 0 heterocycles. The Balaban J connectivity index is 0.000000453. The van der Waals surface area contributed by atoms with Crippen LogP contribution in [0.5, 0.6) is 0 Å². The maximum atomic E-state index is 8.81. The van der Waals surface area contributed by atoms with E-state index in [0.29, 0.717) is 0 Å². The Labute approximate surface area is 102 Å². The number of hydrogen-bond acceptors (Lipinski definition) is 2. The van der Waals surface area contributed by atoms with E-state index in [1.165, 1.54) is 32.1 Å². The highest BCUT2D eigenvalue weighted by Gasteiger charge is 2.14. The third-order valence-corrected chi connectivity index (χ3v) is 2.93. The van der Waals surface area contributed by atoms with E-state index < -0.39 is 0 Å². The lowest BCUT2D eigenvalue weighted by Crippen LogP contribution is -2.03. The molecule has 1 aliphatic rings. The van der Waals surface area contributed by atoms with Crippen molar-refractivity contribution >= 4 is 12.6 Å². The standard InChI is InChI=1S/C12H16.C2H2O2.H2O/c1-3-7-11(8-4-1)12-9-5-2-6-10-12;3-1-2-4;/h1,3-4,7-8,12H,2,5-6,9-10H2;1-2H;1H2. The smallest absolute Gasteiger partial charge is 0.182 e. The molecule has 1 aromatic rings. The lowest BCUT2D eigenvalue weighted by molar-refractivity contribution is -0.122. The Morgan fingerprint density at radius 1 is 0.882 bits per heavy atom. The van der Waals surface area contributed by atoms with E-state index in [1.807, 2.05) is 0 Å². The topological polar surface area (TPSA) is 65.6 Å². The second-order valence-electron chi connectivity index (χ2n) is 4.02. The molecule has 2 rings (SSSR count). The fourth-order valence-electron chi connectivity index (χ4n) is 2.16. The lowest BCUT2D eigenvalue weighted by atomic mass is 9.84. The molecule has 0 saturated heterocycles. The molecule has 0 bridgehead atoms. The van der Waals surface area contributed by atoms with E-state index in [4.69, 9.17) is 9.59 Å². The fraction of sp³-hybridized carbons (Fsp3) is 0.429. The van der Waals surface area contributed by atoms with Crippen LogP contribution in [0.1, 0.15) is 43.6 Å². The van der Waals surface area contributed by atoms with Crippen LogP contribution in [0.2, 0.25) is 0 Å². The van der Waals surface area contributed by atoms with Crippen LogP contribution in [0.25, 0.3) is 0 Å². The first-order chi connectivity index (χ1) is 7.88. The summed E-state index contributed by atoms with van der Waals surface area (Å²) >= 11 is 0. The van der Waals surface area contributed by atoms with Gasteiger partial charge in [0, 0.05) is 0 Å². The molecule has 2 N–H and O–H groups in total. The summed E-state index contributed by atoms with van der Waals surface area (Å²) < 4.78 is 0. The molecule has 1 fully saturated rings. The van der Waals surface area contributed by atoms with Gasteiger partial charge in [-0.3, -0.25) is 9.59 Å². The van der Waals surface area contributed by atoms with Crippen molar-refractivity contribution in [1.82, 2.24) is 0 Å². The molecule has 0 atom stereocenters. The van der Waals surface area contributed by atoms with E-state index >= 15 is 0 Å². The third-order valence-electron chi connectivity index (χ3n) is 2.93. The van der Waals surface area contributed by atoms with Crippen molar-refractivity contribution in [3.8, 4) is 0 Å². The maximum Gasteiger partial charge on any atom is 0.182 e. The molecule has 3 nitrogen and oxygen atoms in total. The zero-order valence-electron chi connectivity index (χ0n) is 9.97. The van der Waals surface area contributed by atoms with Crippen LogP contribution in [-0.4, -0.2) is 18.0 Å².